The molecule has 5 nitrogen and oxygen atoms in total. The summed E-state index contributed by atoms with van der Waals surface area (Å²) in [6, 6.07) is 8.98. The van der Waals surface area contributed by atoms with Crippen LogP contribution in [0.25, 0.3) is 0 Å². The van der Waals surface area contributed by atoms with E-state index in [2.05, 4.69) is 15.5 Å². The molecular weight excluding hydrogens is 485 g/mol. The number of nitrogens with one attached hydrogen (secondary N) is 1. The summed E-state index contributed by atoms with van der Waals surface area (Å²) in [5.41, 5.74) is 2.74. The summed E-state index contributed by atoms with van der Waals surface area (Å²) in [7, 11) is 0. The Morgan fingerprint density at radius 1 is 1.17 bits per heavy atom. The van der Waals surface area contributed by atoms with Crippen molar-refractivity contribution in [3.63, 3.8) is 0 Å². The van der Waals surface area contributed by atoms with Gasteiger partial charge in [0.15, 0.2) is 10.4 Å². The molecule has 0 radical (unpaired) electrons. The van der Waals surface area contributed by atoms with E-state index in [-0.39, 0.29) is 5.91 Å². The average molecular weight is 503 g/mol. The van der Waals surface area contributed by atoms with Crippen LogP contribution in [0.4, 0.5) is 5.13 Å². The third-order valence-corrected chi connectivity index (χ3v) is 7.30. The number of amides is 1. The van der Waals surface area contributed by atoms with Crippen molar-refractivity contribution < 1.29 is 9.53 Å². The number of anilines is 1. The molecule has 10 heteroatoms. The first-order valence-electron chi connectivity index (χ1n) is 8.87. The van der Waals surface area contributed by atoms with Crippen LogP contribution in [0.5, 0.6) is 5.75 Å². The van der Waals surface area contributed by atoms with Crippen molar-refractivity contribution in [2.45, 2.75) is 37.0 Å². The fourth-order valence-corrected chi connectivity index (χ4v) is 4.96. The minimum atomic E-state index is -0.710. The van der Waals surface area contributed by atoms with Crippen LogP contribution in [0.1, 0.15) is 23.6 Å². The Hall–Kier alpha value is -1.51. The number of carbonyl (C=O) groups excluding carboxylic acids is 1. The number of hydrogen-bond acceptors (Lipinski definition) is 6. The predicted octanol–water partition coefficient (Wildman–Crippen LogP) is 6.81. The third-order valence-electron chi connectivity index (χ3n) is 4.09. The van der Waals surface area contributed by atoms with Crippen molar-refractivity contribution in [1.29, 1.82) is 0 Å². The number of hydrogen-bond donors (Lipinski definition) is 1. The molecule has 0 saturated carbocycles. The number of halogens is 3. The normalized spacial score (nSPS) is 11.9. The molecular formula is C20H18Cl3N3O2S2. The van der Waals surface area contributed by atoms with E-state index in [9.17, 15) is 4.79 Å². The highest BCUT2D eigenvalue weighted by atomic mass is 35.5. The van der Waals surface area contributed by atoms with E-state index >= 15 is 0 Å². The molecule has 0 fully saturated rings. The molecule has 0 bridgehead atoms. The van der Waals surface area contributed by atoms with Gasteiger partial charge in [-0.25, -0.2) is 0 Å². The van der Waals surface area contributed by atoms with E-state index in [0.29, 0.717) is 36.0 Å². The Kier molecular flexibility index (Phi) is 7.87. The molecule has 1 atom stereocenters. The SMILES string of the molecule is Cc1cc(OC(C)C(=O)Nc2nnc(SCc3ccc(Cl)cc3Cl)s2)cc(C)c1Cl. The van der Waals surface area contributed by atoms with Gasteiger partial charge in [-0.1, -0.05) is 64.0 Å². The van der Waals surface area contributed by atoms with E-state index in [1.54, 1.807) is 31.2 Å². The number of nitrogens with zero attached hydrogens (tertiary/aromatic N) is 2. The number of carbonyl (C=O) groups is 1. The molecule has 158 valence electrons. The second kappa shape index (κ2) is 10.2. The van der Waals surface area contributed by atoms with Gasteiger partial charge in [0, 0.05) is 20.8 Å². The van der Waals surface area contributed by atoms with Crippen LogP contribution in [-0.4, -0.2) is 22.2 Å². The maximum Gasteiger partial charge on any atom is 0.266 e. The Labute approximate surface area is 198 Å². The minimum Gasteiger partial charge on any atom is -0.481 e. The van der Waals surface area contributed by atoms with Crippen molar-refractivity contribution in [1.82, 2.24) is 10.2 Å². The molecule has 0 saturated heterocycles. The van der Waals surface area contributed by atoms with Gasteiger partial charge in [-0.15, -0.1) is 10.2 Å². The molecule has 3 aromatic rings. The quantitative estimate of drug-likeness (QED) is 0.284. The zero-order chi connectivity index (χ0) is 21.8. The second-order valence-corrected chi connectivity index (χ2v) is 9.94. The van der Waals surface area contributed by atoms with Gasteiger partial charge in [0.05, 0.1) is 0 Å². The van der Waals surface area contributed by atoms with Crippen molar-refractivity contribution in [3.05, 3.63) is 62.1 Å². The van der Waals surface area contributed by atoms with Crippen LogP contribution in [0.15, 0.2) is 34.7 Å². The Bertz CT molecular complexity index is 1050. The topological polar surface area (TPSA) is 64.1 Å². The number of thioether (sulfide) groups is 1. The van der Waals surface area contributed by atoms with Crippen molar-refractivity contribution >= 4 is 68.9 Å². The number of ether oxygens (including phenoxy) is 1. The van der Waals surface area contributed by atoms with Gasteiger partial charge in [-0.3, -0.25) is 10.1 Å². The molecule has 0 aliphatic heterocycles. The molecule has 1 amide bonds. The van der Waals surface area contributed by atoms with E-state index in [0.717, 1.165) is 16.7 Å². The summed E-state index contributed by atoms with van der Waals surface area (Å²) in [6.45, 7) is 5.46. The summed E-state index contributed by atoms with van der Waals surface area (Å²) in [5, 5.41) is 13.2. The molecule has 0 aliphatic carbocycles. The molecule has 0 aliphatic rings. The Morgan fingerprint density at radius 3 is 2.53 bits per heavy atom. The highest BCUT2D eigenvalue weighted by Gasteiger charge is 2.18. The average Bonchev–Trinajstić information content (AvgIpc) is 3.12. The van der Waals surface area contributed by atoms with Crippen LogP contribution in [0.2, 0.25) is 15.1 Å². The highest BCUT2D eigenvalue weighted by molar-refractivity contribution is 8.00. The Morgan fingerprint density at radius 2 is 1.87 bits per heavy atom. The molecule has 1 aromatic heterocycles. The summed E-state index contributed by atoms with van der Waals surface area (Å²) in [4.78, 5) is 12.5. The summed E-state index contributed by atoms with van der Waals surface area (Å²) < 4.78 is 6.47. The standard InChI is InChI=1S/C20H18Cl3N3O2S2/c1-10-6-15(7-11(2)17(10)23)28-12(3)18(27)24-19-25-26-20(30-19)29-9-13-4-5-14(21)8-16(13)22/h4-8,12H,9H2,1-3H3,(H,24,25,27). The predicted molar refractivity (Wildman–Crippen MR) is 126 cm³/mol. The summed E-state index contributed by atoms with van der Waals surface area (Å²) in [5.74, 6) is 0.895. The van der Waals surface area contributed by atoms with Crippen molar-refractivity contribution in [3.8, 4) is 5.75 Å². The third kappa shape index (κ3) is 6.02. The first-order chi connectivity index (χ1) is 14.2. The smallest absolute Gasteiger partial charge is 0.266 e. The van der Waals surface area contributed by atoms with Crippen LogP contribution < -0.4 is 10.1 Å². The van der Waals surface area contributed by atoms with E-state index in [4.69, 9.17) is 39.5 Å². The largest absolute Gasteiger partial charge is 0.481 e. The van der Waals surface area contributed by atoms with Crippen LogP contribution >= 0.6 is 57.9 Å². The van der Waals surface area contributed by atoms with Crippen LogP contribution in [-0.2, 0) is 10.5 Å². The van der Waals surface area contributed by atoms with Gasteiger partial charge in [0.2, 0.25) is 5.13 Å². The van der Waals surface area contributed by atoms with Crippen LogP contribution in [0.3, 0.4) is 0 Å². The monoisotopic (exact) mass is 501 g/mol. The maximum absolute atomic E-state index is 12.5. The number of benzene rings is 2. The summed E-state index contributed by atoms with van der Waals surface area (Å²) >= 11 is 21.0. The fraction of sp³-hybridized carbons (Fsp3) is 0.250. The lowest BCUT2D eigenvalue weighted by Gasteiger charge is -2.15. The molecule has 30 heavy (non-hydrogen) atoms. The lowest BCUT2D eigenvalue weighted by atomic mass is 10.1. The van der Waals surface area contributed by atoms with E-state index in [1.165, 1.54) is 23.1 Å². The van der Waals surface area contributed by atoms with Gasteiger partial charge < -0.3 is 4.74 Å². The van der Waals surface area contributed by atoms with Gasteiger partial charge in [-0.2, -0.15) is 0 Å². The van der Waals surface area contributed by atoms with Crippen molar-refractivity contribution in [2.75, 3.05) is 5.32 Å². The van der Waals surface area contributed by atoms with Crippen molar-refractivity contribution in [2.24, 2.45) is 0 Å². The highest BCUT2D eigenvalue weighted by Crippen LogP contribution is 2.32. The fourth-order valence-electron chi connectivity index (χ4n) is 2.54. The number of aryl methyl sites for hydroxylation is 2. The van der Waals surface area contributed by atoms with Gasteiger partial charge in [0.1, 0.15) is 5.75 Å². The number of rotatable bonds is 7. The van der Waals surface area contributed by atoms with Gasteiger partial charge in [-0.05, 0) is 61.7 Å². The summed E-state index contributed by atoms with van der Waals surface area (Å²) in [6.07, 6.45) is -0.710. The Balaban J connectivity index is 1.56. The van der Waals surface area contributed by atoms with Gasteiger partial charge in [0.25, 0.3) is 5.91 Å². The zero-order valence-corrected chi connectivity index (χ0v) is 20.2. The second-order valence-electron chi connectivity index (χ2n) is 6.52. The van der Waals surface area contributed by atoms with E-state index in [1.807, 2.05) is 19.9 Å². The molecule has 3 rings (SSSR count). The van der Waals surface area contributed by atoms with Crippen LogP contribution in [0, 0.1) is 13.8 Å². The molecule has 1 unspecified atom stereocenters. The molecule has 1 heterocycles. The first-order valence-corrected chi connectivity index (χ1v) is 11.8. The zero-order valence-electron chi connectivity index (χ0n) is 16.3. The molecule has 0 spiro atoms. The first kappa shape index (κ1) is 23.2. The molecule has 1 N–H and O–H groups in total. The van der Waals surface area contributed by atoms with E-state index < -0.39 is 6.10 Å². The van der Waals surface area contributed by atoms with Gasteiger partial charge >= 0.3 is 0 Å². The lowest BCUT2D eigenvalue weighted by Crippen LogP contribution is -2.30. The maximum atomic E-state index is 12.5. The molecule has 2 aromatic carbocycles. The number of aromatic nitrogens is 2. The lowest BCUT2D eigenvalue weighted by molar-refractivity contribution is -0.122. The minimum absolute atomic E-state index is 0.311.